The number of ketones is 1. The summed E-state index contributed by atoms with van der Waals surface area (Å²) in [4.78, 5) is 47.1. The number of nitrogens with zero attached hydrogens (tertiary/aromatic N) is 3. The van der Waals surface area contributed by atoms with Gasteiger partial charge in [-0.1, -0.05) is 12.2 Å². The maximum absolute atomic E-state index is 13.3. The number of hydrogen-bond acceptors (Lipinski definition) is 10. The Balaban J connectivity index is 1.03. The van der Waals surface area contributed by atoms with Gasteiger partial charge in [0.25, 0.3) is 11.8 Å². The van der Waals surface area contributed by atoms with E-state index in [1.54, 1.807) is 40.3 Å². The van der Waals surface area contributed by atoms with Crippen molar-refractivity contribution in [1.29, 1.82) is 0 Å². The zero-order chi connectivity index (χ0) is 31.7. The van der Waals surface area contributed by atoms with Gasteiger partial charge >= 0.3 is 0 Å². The van der Waals surface area contributed by atoms with Crippen LogP contribution in [-0.2, 0) is 16.0 Å². The topological polar surface area (TPSA) is 142 Å². The fraction of sp³-hybridized carbons (Fsp3) is 0.455. The van der Waals surface area contributed by atoms with Crippen molar-refractivity contribution in [2.45, 2.75) is 43.8 Å². The molecule has 2 aromatic rings. The molecule has 238 valence electrons. The number of Topliss-reactive ketones (excluding diaryl/α,β-unsaturated/α-hetero) is 1. The summed E-state index contributed by atoms with van der Waals surface area (Å²) in [5, 5.41) is 0. The van der Waals surface area contributed by atoms with Crippen molar-refractivity contribution in [3.8, 4) is 23.0 Å². The van der Waals surface area contributed by atoms with Crippen LogP contribution < -0.4 is 24.7 Å². The van der Waals surface area contributed by atoms with Gasteiger partial charge in [0, 0.05) is 43.8 Å². The fourth-order valence-electron chi connectivity index (χ4n) is 6.26. The average Bonchev–Trinajstić information content (AvgIpc) is 3.25. The number of benzene rings is 2. The van der Waals surface area contributed by atoms with Crippen LogP contribution in [0.2, 0.25) is 0 Å². The number of nitrogens with two attached hydrogens (primary N) is 1. The second-order valence-electron chi connectivity index (χ2n) is 11.7. The van der Waals surface area contributed by atoms with E-state index in [2.05, 4.69) is 11.6 Å². The lowest BCUT2D eigenvalue weighted by Crippen LogP contribution is -2.54. The first-order chi connectivity index (χ1) is 21.7. The Hall–Kier alpha value is -4.42. The zero-order valence-electron chi connectivity index (χ0n) is 25.6. The van der Waals surface area contributed by atoms with E-state index in [4.69, 9.17) is 29.4 Å². The van der Waals surface area contributed by atoms with Crippen LogP contribution >= 0.6 is 0 Å². The maximum Gasteiger partial charge on any atom is 0.258 e. The predicted octanol–water partition coefficient (Wildman–Crippen LogP) is 3.07. The Morgan fingerprint density at radius 1 is 0.956 bits per heavy atom. The molecule has 0 bridgehead atoms. The Labute approximate surface area is 261 Å². The lowest BCUT2D eigenvalue weighted by atomic mass is 10.0. The summed E-state index contributed by atoms with van der Waals surface area (Å²) in [6.07, 6.45) is 4.52. The highest BCUT2D eigenvalue weighted by atomic mass is 16.5. The first-order valence-corrected chi connectivity index (χ1v) is 15.1. The molecule has 0 unspecified atom stereocenters. The van der Waals surface area contributed by atoms with E-state index in [0.29, 0.717) is 84.7 Å². The fourth-order valence-corrected chi connectivity index (χ4v) is 6.26. The average molecular weight is 619 g/mol. The third-order valence-corrected chi connectivity index (χ3v) is 8.65. The number of ether oxygens (including phenoxy) is 5. The van der Waals surface area contributed by atoms with E-state index >= 15 is 0 Å². The summed E-state index contributed by atoms with van der Waals surface area (Å²) < 4.78 is 28.6. The summed E-state index contributed by atoms with van der Waals surface area (Å²) in [7, 11) is 3.06. The molecule has 45 heavy (non-hydrogen) atoms. The zero-order valence-corrected chi connectivity index (χ0v) is 25.6. The first-order valence-electron chi connectivity index (χ1n) is 15.1. The molecule has 4 aliphatic heterocycles. The summed E-state index contributed by atoms with van der Waals surface area (Å²) in [6, 6.07) is 6.22. The molecule has 12 heteroatoms. The van der Waals surface area contributed by atoms with Crippen molar-refractivity contribution in [2.75, 3.05) is 53.7 Å². The lowest BCUT2D eigenvalue weighted by Gasteiger charge is -2.33. The third kappa shape index (κ3) is 5.87. The van der Waals surface area contributed by atoms with Gasteiger partial charge in [0.2, 0.25) is 0 Å². The van der Waals surface area contributed by atoms with Gasteiger partial charge in [-0.2, -0.15) is 0 Å². The molecule has 2 amide bonds. The maximum atomic E-state index is 13.3. The molecule has 2 N–H and O–H groups in total. The number of aliphatic imine (C=N–C) groups is 1. The molecule has 4 heterocycles. The first kappa shape index (κ1) is 30.6. The highest BCUT2D eigenvalue weighted by Crippen LogP contribution is 2.40. The monoisotopic (exact) mass is 618 g/mol. The van der Waals surface area contributed by atoms with E-state index in [9.17, 15) is 14.4 Å². The molecule has 0 radical (unpaired) electrons. The highest BCUT2D eigenvalue weighted by Gasteiger charge is 2.44. The summed E-state index contributed by atoms with van der Waals surface area (Å²) >= 11 is 0. The van der Waals surface area contributed by atoms with Crippen LogP contribution in [0.1, 0.15) is 52.0 Å². The molecule has 2 fully saturated rings. The summed E-state index contributed by atoms with van der Waals surface area (Å²) in [6.45, 7) is 6.24. The quantitative estimate of drug-likeness (QED) is 0.314. The lowest BCUT2D eigenvalue weighted by molar-refractivity contribution is -0.127. The van der Waals surface area contributed by atoms with Crippen LogP contribution in [-0.4, -0.2) is 99.1 Å². The second-order valence-corrected chi connectivity index (χ2v) is 11.7. The number of fused-ring (bicyclic) bond motifs is 4. The molecule has 0 saturated carbocycles. The molecule has 2 saturated heterocycles. The van der Waals surface area contributed by atoms with Gasteiger partial charge in [-0.05, 0) is 43.0 Å². The van der Waals surface area contributed by atoms with Gasteiger partial charge in [-0.15, -0.1) is 0 Å². The normalized spacial score (nSPS) is 22.2. The van der Waals surface area contributed by atoms with Gasteiger partial charge in [0.15, 0.2) is 28.8 Å². The number of carbonyl (C=O) groups excluding carboxylic acids is 3. The minimum absolute atomic E-state index is 0.0441. The van der Waals surface area contributed by atoms with E-state index < -0.39 is 11.7 Å². The standard InChI is InChI=1S/C33H38N4O8/c1-20-16-33(34)19-35-24-15-30(28(42-3)14-23(24)32(40)37(33)17-20)45-9-6-4-5-8-44-29-12-21-11-26(38)25-18-43-10-7-36(25)31(39)22(21)13-27(29)41-2/h12-15,19,25H,1,4-11,16-18,34H2,2-3H3/t25-,33-/m0/s1. The number of unbranched alkanes of at least 4 members (excludes halogenated alkanes) is 2. The van der Waals surface area contributed by atoms with Crippen molar-refractivity contribution in [3.63, 3.8) is 0 Å². The van der Waals surface area contributed by atoms with Crippen molar-refractivity contribution < 1.29 is 38.1 Å². The Kier molecular flexibility index (Phi) is 8.52. The molecule has 4 aliphatic rings. The number of methoxy groups -OCH3 is 2. The van der Waals surface area contributed by atoms with E-state index in [1.165, 1.54) is 14.2 Å². The number of carbonyl (C=O) groups is 3. The molecular weight excluding hydrogens is 580 g/mol. The van der Waals surface area contributed by atoms with E-state index in [1.807, 2.05) is 0 Å². The SMILES string of the molecule is C=C1CN2C(=O)c3cc(OC)c(OCCCCCOc4cc5c(cc4OC)C(=O)N4CCOC[C@H]4C(=O)C5)cc3N=C[C@]2(N)C1. The minimum atomic E-state index is -0.993. The van der Waals surface area contributed by atoms with Crippen molar-refractivity contribution in [3.05, 3.63) is 53.1 Å². The van der Waals surface area contributed by atoms with Crippen LogP contribution in [0.5, 0.6) is 23.0 Å². The van der Waals surface area contributed by atoms with Gasteiger partial charge in [0.05, 0.1) is 51.9 Å². The van der Waals surface area contributed by atoms with Crippen molar-refractivity contribution in [2.24, 2.45) is 10.7 Å². The highest BCUT2D eigenvalue weighted by molar-refractivity contribution is 6.05. The van der Waals surface area contributed by atoms with Crippen molar-refractivity contribution >= 4 is 29.5 Å². The van der Waals surface area contributed by atoms with Crippen LogP contribution in [0.15, 0.2) is 41.4 Å². The van der Waals surface area contributed by atoms with Crippen molar-refractivity contribution in [1.82, 2.24) is 9.80 Å². The minimum Gasteiger partial charge on any atom is -0.493 e. The number of amides is 2. The van der Waals surface area contributed by atoms with Crippen LogP contribution in [0.4, 0.5) is 5.69 Å². The molecule has 12 nitrogen and oxygen atoms in total. The van der Waals surface area contributed by atoms with Gasteiger partial charge in [-0.3, -0.25) is 19.4 Å². The molecule has 0 spiro atoms. The largest absolute Gasteiger partial charge is 0.493 e. The molecule has 0 aliphatic carbocycles. The molecule has 2 aromatic carbocycles. The van der Waals surface area contributed by atoms with Gasteiger partial charge < -0.3 is 39.2 Å². The smallest absolute Gasteiger partial charge is 0.258 e. The number of rotatable bonds is 10. The predicted molar refractivity (Wildman–Crippen MR) is 165 cm³/mol. The Morgan fingerprint density at radius 3 is 2.36 bits per heavy atom. The summed E-state index contributed by atoms with van der Waals surface area (Å²) in [5.41, 5.74) is 8.35. The second kappa shape index (κ2) is 12.5. The van der Waals surface area contributed by atoms with Gasteiger partial charge in [-0.25, -0.2) is 0 Å². The molecular formula is C33H38N4O8. The molecule has 0 aromatic heterocycles. The third-order valence-electron chi connectivity index (χ3n) is 8.65. The van der Waals surface area contributed by atoms with Crippen LogP contribution in [0.25, 0.3) is 0 Å². The Bertz CT molecular complexity index is 1570. The van der Waals surface area contributed by atoms with Crippen LogP contribution in [0.3, 0.4) is 0 Å². The molecule has 2 atom stereocenters. The van der Waals surface area contributed by atoms with E-state index in [-0.39, 0.29) is 30.6 Å². The van der Waals surface area contributed by atoms with E-state index in [0.717, 1.165) is 24.8 Å². The number of morpholine rings is 1. The van der Waals surface area contributed by atoms with Gasteiger partial charge in [0.1, 0.15) is 11.7 Å². The van der Waals surface area contributed by atoms with Crippen LogP contribution in [0, 0.1) is 0 Å². The Morgan fingerprint density at radius 2 is 1.64 bits per heavy atom. The molecule has 6 rings (SSSR count). The number of hydrogen-bond donors (Lipinski definition) is 1. The summed E-state index contributed by atoms with van der Waals surface area (Å²) in [5.74, 6) is 1.44.